The average molecular weight is 395 g/mol. The number of nitrogens with zero attached hydrogens (tertiary/aromatic N) is 4. The SMILES string of the molecule is Cc1ccc(-n2ncc3c(C)nn(CC(=O)NC[C@H]4CCCO4)c(=O)c32)c(C)c1. The summed E-state index contributed by atoms with van der Waals surface area (Å²) in [6.45, 7) is 6.88. The maximum atomic E-state index is 13.1. The molecular weight excluding hydrogens is 370 g/mol. The molecule has 1 aliphatic rings. The standard InChI is InChI=1S/C21H25N5O3/c1-13-6-7-18(14(2)9-13)26-20-17(11-23-26)15(3)24-25(21(20)28)12-19(27)22-10-16-5-4-8-29-16/h6-7,9,11,16H,4-5,8,10,12H2,1-3H3,(H,22,27)/t16-/m1/s1. The Kier molecular flexibility index (Phi) is 5.19. The first-order valence-electron chi connectivity index (χ1n) is 9.85. The minimum Gasteiger partial charge on any atom is -0.376 e. The number of carbonyl (C=O) groups is 1. The second kappa shape index (κ2) is 7.79. The Bertz CT molecular complexity index is 1130. The largest absolute Gasteiger partial charge is 0.376 e. The van der Waals surface area contributed by atoms with Crippen LogP contribution in [-0.2, 0) is 16.1 Å². The Morgan fingerprint density at radius 2 is 2.14 bits per heavy atom. The van der Waals surface area contributed by atoms with E-state index in [4.69, 9.17) is 4.74 Å². The fourth-order valence-corrected chi connectivity index (χ4v) is 3.78. The van der Waals surface area contributed by atoms with Crippen LogP contribution >= 0.6 is 0 Å². The molecule has 1 saturated heterocycles. The second-order valence-corrected chi connectivity index (χ2v) is 7.60. The topological polar surface area (TPSA) is 91.0 Å². The van der Waals surface area contributed by atoms with Gasteiger partial charge in [0.05, 0.1) is 23.7 Å². The first kappa shape index (κ1) is 19.3. The number of ether oxygens (including phenoxy) is 1. The highest BCUT2D eigenvalue weighted by atomic mass is 16.5. The third-order valence-corrected chi connectivity index (χ3v) is 5.29. The van der Waals surface area contributed by atoms with Crippen molar-refractivity contribution >= 4 is 16.8 Å². The van der Waals surface area contributed by atoms with Gasteiger partial charge in [-0.15, -0.1) is 0 Å². The van der Waals surface area contributed by atoms with E-state index < -0.39 is 0 Å². The van der Waals surface area contributed by atoms with Gasteiger partial charge in [0.15, 0.2) is 0 Å². The van der Waals surface area contributed by atoms with E-state index in [1.165, 1.54) is 4.68 Å². The van der Waals surface area contributed by atoms with Crippen molar-refractivity contribution < 1.29 is 9.53 Å². The maximum absolute atomic E-state index is 13.1. The van der Waals surface area contributed by atoms with Crippen LogP contribution in [0, 0.1) is 20.8 Å². The van der Waals surface area contributed by atoms with Gasteiger partial charge in [-0.1, -0.05) is 17.7 Å². The molecule has 8 heteroatoms. The van der Waals surface area contributed by atoms with E-state index in [1.807, 2.05) is 39.0 Å². The van der Waals surface area contributed by atoms with Crippen LogP contribution in [0.15, 0.2) is 29.2 Å². The summed E-state index contributed by atoms with van der Waals surface area (Å²) in [5.74, 6) is -0.258. The van der Waals surface area contributed by atoms with Gasteiger partial charge in [0.1, 0.15) is 12.1 Å². The first-order chi connectivity index (χ1) is 13.9. The number of aryl methyl sites for hydroxylation is 3. The molecule has 4 rings (SSSR count). The van der Waals surface area contributed by atoms with Crippen LogP contribution in [-0.4, -0.2) is 44.7 Å². The van der Waals surface area contributed by atoms with Crippen molar-refractivity contribution in [3.05, 3.63) is 51.6 Å². The van der Waals surface area contributed by atoms with Crippen molar-refractivity contribution in [2.75, 3.05) is 13.2 Å². The zero-order valence-electron chi connectivity index (χ0n) is 16.9. The number of benzene rings is 1. The van der Waals surface area contributed by atoms with Gasteiger partial charge in [-0.2, -0.15) is 10.2 Å². The Morgan fingerprint density at radius 1 is 1.31 bits per heavy atom. The number of aromatic nitrogens is 4. The number of rotatable bonds is 5. The lowest BCUT2D eigenvalue weighted by Gasteiger charge is -2.12. The molecule has 1 aliphatic heterocycles. The van der Waals surface area contributed by atoms with Gasteiger partial charge in [0.25, 0.3) is 5.56 Å². The van der Waals surface area contributed by atoms with Crippen molar-refractivity contribution in [3.8, 4) is 5.69 Å². The highest BCUT2D eigenvalue weighted by molar-refractivity contribution is 5.82. The fraction of sp³-hybridized carbons (Fsp3) is 0.429. The van der Waals surface area contributed by atoms with Gasteiger partial charge in [0.2, 0.25) is 5.91 Å². The smallest absolute Gasteiger partial charge is 0.293 e. The zero-order valence-corrected chi connectivity index (χ0v) is 16.9. The predicted octanol–water partition coefficient (Wildman–Crippen LogP) is 1.80. The molecule has 1 fully saturated rings. The van der Waals surface area contributed by atoms with Crippen molar-refractivity contribution in [3.63, 3.8) is 0 Å². The molecule has 1 amide bonds. The van der Waals surface area contributed by atoms with Crippen LogP contribution in [0.4, 0.5) is 0 Å². The molecular formula is C21H25N5O3. The molecule has 0 saturated carbocycles. The Balaban J connectivity index is 1.66. The highest BCUT2D eigenvalue weighted by Crippen LogP contribution is 2.20. The lowest BCUT2D eigenvalue weighted by Crippen LogP contribution is -2.37. The quantitative estimate of drug-likeness (QED) is 0.711. The van der Waals surface area contributed by atoms with Crippen LogP contribution in [0.1, 0.15) is 29.7 Å². The number of carbonyl (C=O) groups excluding carboxylic acids is 1. The second-order valence-electron chi connectivity index (χ2n) is 7.60. The minimum atomic E-state index is -0.338. The lowest BCUT2D eigenvalue weighted by atomic mass is 10.1. The lowest BCUT2D eigenvalue weighted by molar-refractivity contribution is -0.122. The molecule has 3 aromatic rings. The number of hydrogen-bond donors (Lipinski definition) is 1. The van der Waals surface area contributed by atoms with Gasteiger partial charge in [-0.3, -0.25) is 9.59 Å². The monoisotopic (exact) mass is 395 g/mol. The van der Waals surface area contributed by atoms with E-state index in [0.29, 0.717) is 23.1 Å². The van der Waals surface area contributed by atoms with Crippen molar-refractivity contribution in [2.45, 2.75) is 46.3 Å². The van der Waals surface area contributed by atoms with Crippen LogP contribution in [0.3, 0.4) is 0 Å². The van der Waals surface area contributed by atoms with Crippen LogP contribution in [0.25, 0.3) is 16.6 Å². The van der Waals surface area contributed by atoms with E-state index in [1.54, 1.807) is 10.9 Å². The summed E-state index contributed by atoms with van der Waals surface area (Å²) in [5.41, 5.74) is 3.74. The normalized spacial score (nSPS) is 16.4. The average Bonchev–Trinajstić information content (AvgIpc) is 3.34. The summed E-state index contributed by atoms with van der Waals surface area (Å²) in [7, 11) is 0. The van der Waals surface area contributed by atoms with Crippen LogP contribution < -0.4 is 10.9 Å². The molecule has 0 radical (unpaired) electrons. The Morgan fingerprint density at radius 3 is 2.86 bits per heavy atom. The molecule has 2 aromatic heterocycles. The summed E-state index contributed by atoms with van der Waals surface area (Å²) in [5, 5.41) is 12.3. The highest BCUT2D eigenvalue weighted by Gasteiger charge is 2.19. The van der Waals surface area contributed by atoms with Gasteiger partial charge in [-0.05, 0) is 45.2 Å². The molecule has 1 aromatic carbocycles. The Labute approximate surface area is 168 Å². The third kappa shape index (κ3) is 3.80. The maximum Gasteiger partial charge on any atom is 0.293 e. The molecule has 29 heavy (non-hydrogen) atoms. The fourth-order valence-electron chi connectivity index (χ4n) is 3.78. The number of nitrogens with one attached hydrogen (secondary N) is 1. The van der Waals surface area contributed by atoms with E-state index >= 15 is 0 Å². The molecule has 0 spiro atoms. The number of fused-ring (bicyclic) bond motifs is 1. The summed E-state index contributed by atoms with van der Waals surface area (Å²) < 4.78 is 8.37. The summed E-state index contributed by atoms with van der Waals surface area (Å²) >= 11 is 0. The third-order valence-electron chi connectivity index (χ3n) is 5.29. The molecule has 8 nitrogen and oxygen atoms in total. The van der Waals surface area contributed by atoms with Gasteiger partial charge in [0, 0.05) is 18.5 Å². The van der Waals surface area contributed by atoms with Gasteiger partial charge < -0.3 is 10.1 Å². The van der Waals surface area contributed by atoms with Crippen molar-refractivity contribution in [1.82, 2.24) is 24.9 Å². The molecule has 1 atom stereocenters. The molecule has 0 unspecified atom stereocenters. The molecule has 0 bridgehead atoms. The molecule has 0 aliphatic carbocycles. The van der Waals surface area contributed by atoms with Crippen molar-refractivity contribution in [2.24, 2.45) is 0 Å². The van der Waals surface area contributed by atoms with Crippen LogP contribution in [0.5, 0.6) is 0 Å². The van der Waals surface area contributed by atoms with Crippen molar-refractivity contribution in [1.29, 1.82) is 0 Å². The summed E-state index contributed by atoms with van der Waals surface area (Å²) in [6, 6.07) is 5.99. The van der Waals surface area contributed by atoms with E-state index in [0.717, 1.165) is 36.3 Å². The van der Waals surface area contributed by atoms with E-state index in [9.17, 15) is 9.59 Å². The van der Waals surface area contributed by atoms with E-state index in [-0.39, 0.29) is 24.1 Å². The Hall–Kier alpha value is -3.00. The minimum absolute atomic E-state index is 0.0544. The molecule has 152 valence electrons. The van der Waals surface area contributed by atoms with Gasteiger partial charge in [-0.25, -0.2) is 9.36 Å². The van der Waals surface area contributed by atoms with Gasteiger partial charge >= 0.3 is 0 Å². The first-order valence-corrected chi connectivity index (χ1v) is 9.85. The zero-order chi connectivity index (χ0) is 20.5. The molecule has 3 heterocycles. The predicted molar refractivity (Wildman–Crippen MR) is 109 cm³/mol. The van der Waals surface area contributed by atoms with Crippen LogP contribution in [0.2, 0.25) is 0 Å². The van der Waals surface area contributed by atoms with E-state index in [2.05, 4.69) is 15.5 Å². The summed E-state index contributed by atoms with van der Waals surface area (Å²) in [4.78, 5) is 25.5. The summed E-state index contributed by atoms with van der Waals surface area (Å²) in [6.07, 6.45) is 3.66. The number of amides is 1. The number of hydrogen-bond acceptors (Lipinski definition) is 5. The molecule has 1 N–H and O–H groups in total.